The molecule has 0 N–H and O–H groups in total. The Balaban J connectivity index is 1.75. The molecule has 1 aliphatic heterocycles. The smallest absolute Gasteiger partial charge is 0.151 e. The lowest BCUT2D eigenvalue weighted by Gasteiger charge is -1.99. The van der Waals surface area contributed by atoms with Crippen LogP contribution in [0.15, 0.2) is 0 Å². The lowest BCUT2D eigenvalue weighted by atomic mass is 10.1. The number of carbonyl (C=O) groups is 1. The van der Waals surface area contributed by atoms with Crippen molar-refractivity contribution in [3.63, 3.8) is 0 Å². The van der Waals surface area contributed by atoms with Gasteiger partial charge in [-0.15, -0.1) is 0 Å². The van der Waals surface area contributed by atoms with Gasteiger partial charge in [0.2, 0.25) is 0 Å². The molecule has 14 heavy (non-hydrogen) atoms. The van der Waals surface area contributed by atoms with Crippen LogP contribution in [0.2, 0.25) is 0 Å². The van der Waals surface area contributed by atoms with Gasteiger partial charge < -0.3 is 9.53 Å². The molecule has 1 aliphatic rings. The molecule has 1 fully saturated rings. The maximum atomic E-state index is 10.3. The van der Waals surface area contributed by atoms with E-state index in [0.29, 0.717) is 0 Å². The Morgan fingerprint density at radius 1 is 1.07 bits per heavy atom. The lowest BCUT2D eigenvalue weighted by molar-refractivity contribution is -0.108. The largest absolute Gasteiger partial charge is 0.362 e. The highest BCUT2D eigenvalue weighted by molar-refractivity contribution is 5.60. The second kappa shape index (κ2) is 6.99. The maximum absolute atomic E-state index is 10.3. The molecule has 0 spiro atoms. The van der Waals surface area contributed by atoms with Crippen LogP contribution in [0.25, 0.3) is 0 Å². The zero-order chi connectivity index (χ0) is 10.2. The van der Waals surface area contributed by atoms with Gasteiger partial charge in [-0.3, -0.25) is 0 Å². The molecule has 82 valence electrons. The summed E-state index contributed by atoms with van der Waals surface area (Å²) in [5.41, 5.74) is 0. The first-order valence-corrected chi connectivity index (χ1v) is 5.99. The fourth-order valence-electron chi connectivity index (χ4n) is 1.81. The summed E-state index contributed by atoms with van der Waals surface area (Å²) in [6, 6.07) is 0. The zero-order valence-corrected chi connectivity index (χ0v) is 9.21. The maximum Gasteiger partial charge on any atom is 0.151 e. The Hall–Kier alpha value is -0.370. The Bertz CT molecular complexity index is 156. The van der Waals surface area contributed by atoms with E-state index < -0.39 is 0 Å². The number of aldehydes is 1. The molecule has 0 radical (unpaired) electrons. The van der Waals surface area contributed by atoms with Gasteiger partial charge in [-0.05, 0) is 6.42 Å². The van der Waals surface area contributed by atoms with Crippen LogP contribution in [0, 0.1) is 0 Å². The summed E-state index contributed by atoms with van der Waals surface area (Å²) in [5, 5.41) is 0. The number of hydrogen-bond donors (Lipinski definition) is 0. The van der Waals surface area contributed by atoms with Crippen molar-refractivity contribution in [2.24, 2.45) is 0 Å². The van der Waals surface area contributed by atoms with E-state index in [9.17, 15) is 4.79 Å². The molecule has 0 aliphatic carbocycles. The Kier molecular flexibility index (Phi) is 5.85. The van der Waals surface area contributed by atoms with Gasteiger partial charge in [0.1, 0.15) is 6.10 Å². The van der Waals surface area contributed by atoms with Crippen LogP contribution < -0.4 is 0 Å². The minimum atomic E-state index is -0.0601. The van der Waals surface area contributed by atoms with Gasteiger partial charge in [-0.1, -0.05) is 51.9 Å². The molecular formula is C12H22O2. The topological polar surface area (TPSA) is 29.6 Å². The predicted octanol–water partition coefficient (Wildman–Crippen LogP) is 3.09. The van der Waals surface area contributed by atoms with Crippen molar-refractivity contribution in [1.82, 2.24) is 0 Å². The molecule has 0 amide bonds. The summed E-state index contributed by atoms with van der Waals surface area (Å²) in [7, 11) is 0. The van der Waals surface area contributed by atoms with Gasteiger partial charge in [0, 0.05) is 0 Å². The quantitative estimate of drug-likeness (QED) is 0.324. The molecule has 0 aromatic carbocycles. The molecule has 2 unspecified atom stereocenters. The van der Waals surface area contributed by atoms with Crippen molar-refractivity contribution >= 4 is 6.29 Å². The Morgan fingerprint density at radius 3 is 2.29 bits per heavy atom. The van der Waals surface area contributed by atoms with Crippen molar-refractivity contribution < 1.29 is 9.53 Å². The number of ether oxygens (including phenoxy) is 1. The molecule has 0 aromatic rings. The monoisotopic (exact) mass is 198 g/mol. The fraction of sp³-hybridized carbons (Fsp3) is 0.917. The number of epoxide rings is 1. The van der Waals surface area contributed by atoms with E-state index in [1.807, 2.05) is 0 Å². The van der Waals surface area contributed by atoms with E-state index in [-0.39, 0.29) is 12.2 Å². The van der Waals surface area contributed by atoms with E-state index in [1.165, 1.54) is 44.9 Å². The predicted molar refractivity (Wildman–Crippen MR) is 57.3 cm³/mol. The summed E-state index contributed by atoms with van der Waals surface area (Å²) in [4.78, 5) is 10.3. The number of hydrogen-bond acceptors (Lipinski definition) is 2. The second-order valence-corrected chi connectivity index (χ2v) is 4.19. The SMILES string of the molecule is CCCCCCCCCC1OC1C=O. The molecule has 0 saturated carbocycles. The van der Waals surface area contributed by atoms with Gasteiger partial charge in [0.05, 0.1) is 6.10 Å². The van der Waals surface area contributed by atoms with E-state index >= 15 is 0 Å². The van der Waals surface area contributed by atoms with Crippen molar-refractivity contribution in [3.05, 3.63) is 0 Å². The Labute approximate surface area is 87.0 Å². The Morgan fingerprint density at radius 2 is 1.71 bits per heavy atom. The molecule has 0 aromatic heterocycles. The average Bonchev–Trinajstić information content (AvgIpc) is 2.95. The third kappa shape index (κ3) is 4.75. The van der Waals surface area contributed by atoms with Crippen LogP contribution in [0.3, 0.4) is 0 Å². The van der Waals surface area contributed by atoms with Gasteiger partial charge in [-0.2, -0.15) is 0 Å². The second-order valence-electron chi connectivity index (χ2n) is 4.19. The summed E-state index contributed by atoms with van der Waals surface area (Å²) < 4.78 is 5.14. The van der Waals surface area contributed by atoms with Crippen molar-refractivity contribution in [3.8, 4) is 0 Å². The fourth-order valence-corrected chi connectivity index (χ4v) is 1.81. The van der Waals surface area contributed by atoms with Gasteiger partial charge in [0.15, 0.2) is 6.29 Å². The van der Waals surface area contributed by atoms with Crippen LogP contribution in [-0.2, 0) is 9.53 Å². The molecular weight excluding hydrogens is 176 g/mol. The van der Waals surface area contributed by atoms with Crippen LogP contribution in [-0.4, -0.2) is 18.5 Å². The van der Waals surface area contributed by atoms with Crippen LogP contribution in [0.5, 0.6) is 0 Å². The first-order valence-electron chi connectivity index (χ1n) is 5.99. The molecule has 1 rings (SSSR count). The van der Waals surface area contributed by atoms with Gasteiger partial charge in [0.25, 0.3) is 0 Å². The van der Waals surface area contributed by atoms with Crippen LogP contribution in [0.4, 0.5) is 0 Å². The van der Waals surface area contributed by atoms with Crippen molar-refractivity contribution in [1.29, 1.82) is 0 Å². The lowest BCUT2D eigenvalue weighted by Crippen LogP contribution is -1.94. The van der Waals surface area contributed by atoms with Gasteiger partial charge >= 0.3 is 0 Å². The number of unbranched alkanes of at least 4 members (excludes halogenated alkanes) is 6. The zero-order valence-electron chi connectivity index (χ0n) is 9.21. The number of carbonyl (C=O) groups excluding carboxylic acids is 1. The normalized spacial score (nSPS) is 24.9. The van der Waals surface area contributed by atoms with E-state index in [1.54, 1.807) is 0 Å². The summed E-state index contributed by atoms with van der Waals surface area (Å²) in [6.07, 6.45) is 11.5. The summed E-state index contributed by atoms with van der Waals surface area (Å²) in [6.45, 7) is 2.24. The van der Waals surface area contributed by atoms with Crippen LogP contribution in [0.1, 0.15) is 58.3 Å². The highest BCUT2D eigenvalue weighted by Crippen LogP contribution is 2.25. The first kappa shape index (κ1) is 11.7. The first-order chi connectivity index (χ1) is 6.88. The standard InChI is InChI=1S/C12H22O2/c1-2-3-4-5-6-7-8-9-11-12(10-13)14-11/h10-12H,2-9H2,1H3. The third-order valence-electron chi connectivity index (χ3n) is 2.85. The van der Waals surface area contributed by atoms with Gasteiger partial charge in [-0.25, -0.2) is 0 Å². The van der Waals surface area contributed by atoms with Crippen LogP contribution >= 0.6 is 0 Å². The van der Waals surface area contributed by atoms with E-state index in [4.69, 9.17) is 4.74 Å². The minimum Gasteiger partial charge on any atom is -0.362 e. The molecule has 0 bridgehead atoms. The highest BCUT2D eigenvalue weighted by Gasteiger charge is 2.37. The highest BCUT2D eigenvalue weighted by atomic mass is 16.6. The summed E-state index contributed by atoms with van der Waals surface area (Å²) >= 11 is 0. The molecule has 1 saturated heterocycles. The molecule has 2 heteroatoms. The van der Waals surface area contributed by atoms with E-state index in [2.05, 4.69) is 6.92 Å². The van der Waals surface area contributed by atoms with E-state index in [0.717, 1.165) is 12.7 Å². The molecule has 1 heterocycles. The number of rotatable bonds is 9. The minimum absolute atomic E-state index is 0.0601. The molecule has 2 atom stereocenters. The molecule has 2 nitrogen and oxygen atoms in total. The third-order valence-corrected chi connectivity index (χ3v) is 2.85. The van der Waals surface area contributed by atoms with Crippen molar-refractivity contribution in [2.75, 3.05) is 0 Å². The average molecular weight is 198 g/mol. The van der Waals surface area contributed by atoms with Crippen molar-refractivity contribution in [2.45, 2.75) is 70.5 Å². The summed E-state index contributed by atoms with van der Waals surface area (Å²) in [5.74, 6) is 0.